The molecular formula is C31H34FNaO4. The molecule has 0 aromatic heterocycles. The number of rotatable bonds is 10. The summed E-state index contributed by atoms with van der Waals surface area (Å²) in [6.45, 7) is 6.82. The molecule has 0 bridgehead atoms. The van der Waals surface area contributed by atoms with Gasteiger partial charge in [-0.25, -0.2) is 4.39 Å². The van der Waals surface area contributed by atoms with Gasteiger partial charge in [0.15, 0.2) is 0 Å². The third-order valence-electron chi connectivity index (χ3n) is 6.62. The van der Waals surface area contributed by atoms with E-state index in [9.17, 15) is 14.3 Å². The fraction of sp³-hybridized carbons (Fsp3) is 0.387. The topological polar surface area (TPSA) is 58.6 Å². The minimum atomic E-state index is -1.01. The van der Waals surface area contributed by atoms with Crippen LogP contribution in [0.25, 0.3) is 11.1 Å². The van der Waals surface area contributed by atoms with Crippen molar-refractivity contribution >= 4 is 5.97 Å². The van der Waals surface area contributed by atoms with E-state index in [2.05, 4.69) is 20.8 Å². The molecular weight excluding hydrogens is 478 g/mol. The molecule has 0 saturated heterocycles. The van der Waals surface area contributed by atoms with Crippen molar-refractivity contribution < 1.29 is 53.3 Å². The molecule has 0 radical (unpaired) electrons. The van der Waals surface area contributed by atoms with E-state index in [4.69, 9.17) is 9.47 Å². The van der Waals surface area contributed by atoms with E-state index in [0.29, 0.717) is 29.6 Å². The smallest absolute Gasteiger partial charge is 0.550 e. The number of carbonyl (C=O) groups excluding carboxylic acids is 1. The maximum atomic E-state index is 14.8. The van der Waals surface area contributed by atoms with E-state index in [1.807, 2.05) is 42.5 Å². The Bertz CT molecular complexity index is 1230. The van der Waals surface area contributed by atoms with Crippen LogP contribution in [0, 0.1) is 17.2 Å². The first-order valence-electron chi connectivity index (χ1n) is 12.5. The number of ether oxygens (including phenoxy) is 2. The largest absolute Gasteiger partial charge is 1.00 e. The van der Waals surface area contributed by atoms with Gasteiger partial charge in [-0.3, -0.25) is 0 Å². The summed E-state index contributed by atoms with van der Waals surface area (Å²) < 4.78 is 26.3. The molecule has 0 spiro atoms. The van der Waals surface area contributed by atoms with Crippen LogP contribution < -0.4 is 44.1 Å². The molecule has 1 atom stereocenters. The van der Waals surface area contributed by atoms with Gasteiger partial charge in [-0.1, -0.05) is 51.1 Å². The molecule has 0 heterocycles. The first-order valence-corrected chi connectivity index (χ1v) is 12.5. The normalized spacial score (nSPS) is 14.0. The van der Waals surface area contributed by atoms with Crippen LogP contribution in [0.4, 0.5) is 4.39 Å². The Morgan fingerprint density at radius 3 is 2.41 bits per heavy atom. The second-order valence-corrected chi connectivity index (χ2v) is 11.0. The van der Waals surface area contributed by atoms with Gasteiger partial charge >= 0.3 is 29.6 Å². The van der Waals surface area contributed by atoms with Gasteiger partial charge in [0.25, 0.3) is 0 Å². The maximum absolute atomic E-state index is 14.8. The van der Waals surface area contributed by atoms with E-state index < -0.39 is 5.97 Å². The van der Waals surface area contributed by atoms with E-state index in [1.165, 1.54) is 6.07 Å². The molecule has 1 aliphatic rings. The van der Waals surface area contributed by atoms with Crippen molar-refractivity contribution in [3.05, 3.63) is 83.2 Å². The first kappa shape index (κ1) is 29.2. The van der Waals surface area contributed by atoms with Crippen molar-refractivity contribution in [2.75, 3.05) is 7.11 Å². The maximum Gasteiger partial charge on any atom is 1.00 e. The zero-order valence-electron chi connectivity index (χ0n) is 22.5. The Morgan fingerprint density at radius 1 is 1.03 bits per heavy atom. The van der Waals surface area contributed by atoms with E-state index in [-0.39, 0.29) is 53.1 Å². The van der Waals surface area contributed by atoms with Crippen LogP contribution in [0.1, 0.15) is 62.6 Å². The zero-order chi connectivity index (χ0) is 25.9. The van der Waals surface area contributed by atoms with Gasteiger partial charge in [-0.2, -0.15) is 0 Å². The molecule has 37 heavy (non-hydrogen) atoms. The summed E-state index contributed by atoms with van der Waals surface area (Å²) in [5, 5.41) is 11.3. The van der Waals surface area contributed by atoms with Crippen molar-refractivity contribution in [2.24, 2.45) is 11.3 Å². The van der Waals surface area contributed by atoms with E-state index >= 15 is 0 Å². The summed E-state index contributed by atoms with van der Waals surface area (Å²) in [6.07, 6.45) is 2.93. The summed E-state index contributed by atoms with van der Waals surface area (Å²) in [5.41, 5.74) is 4.34. The molecule has 1 fully saturated rings. The van der Waals surface area contributed by atoms with Crippen LogP contribution in [0.5, 0.6) is 11.5 Å². The summed E-state index contributed by atoms with van der Waals surface area (Å²) in [6, 6.07) is 18.5. The molecule has 3 aromatic rings. The van der Waals surface area contributed by atoms with E-state index in [1.54, 1.807) is 19.2 Å². The number of hydrogen-bond donors (Lipinski definition) is 0. The molecule has 4 nitrogen and oxygen atoms in total. The Labute approximate surface area is 241 Å². The van der Waals surface area contributed by atoms with Crippen molar-refractivity contribution in [1.82, 2.24) is 0 Å². The summed E-state index contributed by atoms with van der Waals surface area (Å²) >= 11 is 0. The number of carboxylic acid groups (broad SMARTS) is 1. The Balaban J connectivity index is 0.00000380. The van der Waals surface area contributed by atoms with Crippen LogP contribution in [-0.4, -0.2) is 13.1 Å². The molecule has 6 heteroatoms. The minimum absolute atomic E-state index is 0. The number of benzene rings is 3. The number of carbonyl (C=O) groups is 1. The first-order chi connectivity index (χ1) is 17.1. The molecule has 1 unspecified atom stereocenters. The van der Waals surface area contributed by atoms with Crippen molar-refractivity contribution in [2.45, 2.75) is 59.0 Å². The predicted molar refractivity (Wildman–Crippen MR) is 137 cm³/mol. The number of carboxylic acids is 1. The predicted octanol–water partition coefficient (Wildman–Crippen LogP) is 3.31. The summed E-state index contributed by atoms with van der Waals surface area (Å²) in [7, 11) is 1.57. The Hall–Kier alpha value is -2.34. The molecule has 190 valence electrons. The standard InChI is InChI=1S/C31H35FO4.Na/c1-31(2,3)18-23-15-25(10-12-26(23)28-16-24(35-4)11-13-29(28)32)36-19-20-6-5-7-22(14-20)27(17-30(33)34)21-8-9-21;/h5-7,10-16,21,27H,8-9,17-19H2,1-4H3,(H,33,34);/q;+1/p-1. The Kier molecular flexibility index (Phi) is 9.85. The molecule has 4 rings (SSSR count). The summed E-state index contributed by atoms with van der Waals surface area (Å²) in [5.74, 6) is 0.427. The number of hydrogen-bond acceptors (Lipinski definition) is 4. The van der Waals surface area contributed by atoms with Gasteiger partial charge in [0.1, 0.15) is 23.9 Å². The van der Waals surface area contributed by atoms with Gasteiger partial charge in [0, 0.05) is 11.5 Å². The monoisotopic (exact) mass is 512 g/mol. The van der Waals surface area contributed by atoms with Crippen LogP contribution >= 0.6 is 0 Å². The van der Waals surface area contributed by atoms with Crippen molar-refractivity contribution in [3.8, 4) is 22.6 Å². The van der Waals surface area contributed by atoms with Crippen LogP contribution in [0.2, 0.25) is 0 Å². The second-order valence-electron chi connectivity index (χ2n) is 11.0. The molecule has 1 aliphatic carbocycles. The third-order valence-corrected chi connectivity index (χ3v) is 6.62. The Morgan fingerprint density at radius 2 is 1.76 bits per heavy atom. The average molecular weight is 513 g/mol. The number of aliphatic carboxylic acids is 1. The van der Waals surface area contributed by atoms with Gasteiger partial charge in [-0.15, -0.1) is 0 Å². The molecule has 0 N–H and O–H groups in total. The van der Waals surface area contributed by atoms with Crippen molar-refractivity contribution in [3.63, 3.8) is 0 Å². The average Bonchev–Trinajstić information content (AvgIpc) is 3.66. The second kappa shape index (κ2) is 12.5. The SMILES string of the molecule is COc1ccc(F)c(-c2ccc(OCc3cccc(C(CC(=O)[O-])C4CC4)c3)cc2CC(C)(C)C)c1.[Na+]. The summed E-state index contributed by atoms with van der Waals surface area (Å²) in [4.78, 5) is 11.3. The van der Waals surface area contributed by atoms with Crippen LogP contribution in [0.3, 0.4) is 0 Å². The molecule has 3 aromatic carbocycles. The van der Waals surface area contributed by atoms with Gasteiger partial charge < -0.3 is 19.4 Å². The zero-order valence-corrected chi connectivity index (χ0v) is 24.5. The quantitative estimate of drug-likeness (QED) is 0.391. The molecule has 0 aliphatic heterocycles. The molecule has 1 saturated carbocycles. The molecule has 0 amide bonds. The third kappa shape index (κ3) is 8.07. The minimum Gasteiger partial charge on any atom is -0.550 e. The van der Waals surface area contributed by atoms with Gasteiger partial charge in [0.2, 0.25) is 0 Å². The van der Waals surface area contributed by atoms with Crippen LogP contribution in [-0.2, 0) is 17.8 Å². The van der Waals surface area contributed by atoms with E-state index in [0.717, 1.165) is 41.5 Å². The fourth-order valence-electron chi connectivity index (χ4n) is 4.79. The van der Waals surface area contributed by atoms with Crippen molar-refractivity contribution in [1.29, 1.82) is 0 Å². The fourth-order valence-corrected chi connectivity index (χ4v) is 4.79. The number of methoxy groups -OCH3 is 1. The number of halogens is 1. The van der Waals surface area contributed by atoms with Gasteiger partial charge in [-0.05, 0) is 95.5 Å². The van der Waals surface area contributed by atoms with Crippen LogP contribution in [0.15, 0.2) is 60.7 Å². The van der Waals surface area contributed by atoms with Gasteiger partial charge in [0.05, 0.1) is 7.11 Å².